The lowest BCUT2D eigenvalue weighted by molar-refractivity contribution is 0.0913. The first-order chi connectivity index (χ1) is 10.8. The Kier molecular flexibility index (Phi) is 4.83. The van der Waals surface area contributed by atoms with E-state index in [1.807, 2.05) is 45.9 Å². The number of hydrogen-bond donors (Lipinski definition) is 2. The molecule has 0 atom stereocenters. The summed E-state index contributed by atoms with van der Waals surface area (Å²) in [4.78, 5) is 12.0. The van der Waals surface area contributed by atoms with Gasteiger partial charge in [-0.1, -0.05) is 6.07 Å². The number of hydrogen-bond acceptors (Lipinski definition) is 5. The van der Waals surface area contributed by atoms with E-state index in [0.29, 0.717) is 11.6 Å². The quantitative estimate of drug-likeness (QED) is 0.907. The molecule has 6 heteroatoms. The Morgan fingerprint density at radius 3 is 2.43 bits per heavy atom. The van der Waals surface area contributed by atoms with E-state index in [4.69, 9.17) is 4.74 Å². The first kappa shape index (κ1) is 16.7. The molecule has 2 rings (SSSR count). The van der Waals surface area contributed by atoms with Crippen LogP contribution in [-0.4, -0.2) is 28.8 Å². The number of anilines is 2. The molecule has 0 unspecified atom stereocenters. The highest BCUT2D eigenvalue weighted by atomic mass is 16.5. The maximum atomic E-state index is 12.0. The van der Waals surface area contributed by atoms with E-state index in [-0.39, 0.29) is 17.1 Å². The molecule has 2 aromatic rings. The molecule has 0 aliphatic heterocycles. The molecule has 1 amide bonds. The molecule has 0 aliphatic carbocycles. The summed E-state index contributed by atoms with van der Waals surface area (Å²) in [7, 11) is 1.61. The lowest BCUT2D eigenvalue weighted by Gasteiger charge is -2.19. The fraction of sp³-hybridized carbons (Fsp3) is 0.353. The van der Waals surface area contributed by atoms with Gasteiger partial charge in [-0.2, -0.15) is 0 Å². The molecule has 2 N–H and O–H groups in total. The van der Waals surface area contributed by atoms with E-state index in [2.05, 4.69) is 20.8 Å². The fourth-order valence-electron chi connectivity index (χ4n) is 1.98. The fourth-order valence-corrected chi connectivity index (χ4v) is 1.98. The summed E-state index contributed by atoms with van der Waals surface area (Å²) in [6.07, 6.45) is 0. The van der Waals surface area contributed by atoms with Gasteiger partial charge in [-0.15, -0.1) is 10.2 Å². The maximum Gasteiger partial charge on any atom is 0.272 e. The Morgan fingerprint density at radius 2 is 1.87 bits per heavy atom. The van der Waals surface area contributed by atoms with Crippen molar-refractivity contribution in [1.82, 2.24) is 15.5 Å². The van der Waals surface area contributed by atoms with Gasteiger partial charge in [0.05, 0.1) is 12.8 Å². The zero-order chi connectivity index (χ0) is 17.0. The minimum Gasteiger partial charge on any atom is -0.495 e. The van der Waals surface area contributed by atoms with E-state index < -0.39 is 0 Å². The van der Waals surface area contributed by atoms with Gasteiger partial charge in [0.2, 0.25) is 0 Å². The molecule has 0 radical (unpaired) electrons. The molecule has 23 heavy (non-hydrogen) atoms. The van der Waals surface area contributed by atoms with Gasteiger partial charge < -0.3 is 15.4 Å². The third kappa shape index (κ3) is 4.67. The first-order valence-electron chi connectivity index (χ1n) is 7.36. The highest BCUT2D eigenvalue weighted by molar-refractivity contribution is 5.92. The van der Waals surface area contributed by atoms with Crippen LogP contribution >= 0.6 is 0 Å². The number of methoxy groups -OCH3 is 1. The predicted molar refractivity (Wildman–Crippen MR) is 90.3 cm³/mol. The van der Waals surface area contributed by atoms with Crippen LogP contribution in [0.2, 0.25) is 0 Å². The van der Waals surface area contributed by atoms with E-state index in [1.165, 1.54) is 0 Å². The van der Waals surface area contributed by atoms with Crippen molar-refractivity contribution in [1.29, 1.82) is 0 Å². The van der Waals surface area contributed by atoms with Crippen molar-refractivity contribution in [3.05, 3.63) is 41.6 Å². The highest BCUT2D eigenvalue weighted by Gasteiger charge is 2.16. The van der Waals surface area contributed by atoms with Crippen LogP contribution in [0.4, 0.5) is 11.5 Å². The topological polar surface area (TPSA) is 76.1 Å². The number of benzene rings is 1. The molecule has 0 aliphatic rings. The minimum absolute atomic E-state index is 0.246. The number of aryl methyl sites for hydroxylation is 1. The molecule has 6 nitrogen and oxygen atoms in total. The molecule has 0 saturated carbocycles. The van der Waals surface area contributed by atoms with Crippen molar-refractivity contribution in [2.45, 2.75) is 33.2 Å². The Morgan fingerprint density at radius 1 is 1.13 bits per heavy atom. The number of rotatable bonds is 4. The van der Waals surface area contributed by atoms with E-state index in [1.54, 1.807) is 19.2 Å². The highest BCUT2D eigenvalue weighted by Crippen LogP contribution is 2.27. The minimum atomic E-state index is -0.315. The summed E-state index contributed by atoms with van der Waals surface area (Å²) in [5, 5.41) is 14.0. The summed E-state index contributed by atoms with van der Waals surface area (Å²) in [6.45, 7) is 7.74. The summed E-state index contributed by atoms with van der Waals surface area (Å²) < 4.78 is 5.31. The van der Waals surface area contributed by atoms with E-state index >= 15 is 0 Å². The van der Waals surface area contributed by atoms with Crippen LogP contribution in [0.1, 0.15) is 36.8 Å². The summed E-state index contributed by atoms with van der Waals surface area (Å²) >= 11 is 0. The molecule has 122 valence electrons. The zero-order valence-electron chi connectivity index (χ0n) is 14.1. The number of carbonyl (C=O) groups excluding carboxylic acids is 1. The number of amides is 1. The van der Waals surface area contributed by atoms with Gasteiger partial charge in [0, 0.05) is 5.54 Å². The molecular weight excluding hydrogens is 292 g/mol. The number of ether oxygens (including phenoxy) is 1. The van der Waals surface area contributed by atoms with Crippen molar-refractivity contribution < 1.29 is 9.53 Å². The lowest BCUT2D eigenvalue weighted by atomic mass is 10.1. The third-order valence-electron chi connectivity index (χ3n) is 3.00. The van der Waals surface area contributed by atoms with Crippen molar-refractivity contribution in [2.75, 3.05) is 12.4 Å². The third-order valence-corrected chi connectivity index (χ3v) is 3.00. The Hall–Kier alpha value is -2.63. The first-order valence-corrected chi connectivity index (χ1v) is 7.36. The van der Waals surface area contributed by atoms with Crippen molar-refractivity contribution in [2.24, 2.45) is 0 Å². The van der Waals surface area contributed by atoms with E-state index in [0.717, 1.165) is 11.3 Å². The number of aromatic nitrogens is 2. The van der Waals surface area contributed by atoms with Gasteiger partial charge in [0.25, 0.3) is 5.91 Å². The number of nitrogens with zero attached hydrogens (tertiary/aromatic N) is 2. The molecule has 1 aromatic carbocycles. The number of nitrogens with one attached hydrogen (secondary N) is 2. The van der Waals surface area contributed by atoms with Crippen LogP contribution in [0.25, 0.3) is 0 Å². The maximum absolute atomic E-state index is 12.0. The average Bonchev–Trinajstić information content (AvgIpc) is 2.46. The standard InChI is InChI=1S/C17H22N4O2/c1-11-6-8-14(23-5)13(10-11)18-15-9-7-12(20-21-15)16(22)19-17(2,3)4/h6-10H,1-5H3,(H,18,21)(H,19,22). The monoisotopic (exact) mass is 314 g/mol. The average molecular weight is 314 g/mol. The van der Waals surface area contributed by atoms with Gasteiger partial charge in [-0.25, -0.2) is 0 Å². The number of carbonyl (C=O) groups is 1. The van der Waals surface area contributed by atoms with Gasteiger partial charge in [-0.3, -0.25) is 4.79 Å². The molecule has 0 saturated heterocycles. The summed E-state index contributed by atoms with van der Waals surface area (Å²) in [6, 6.07) is 9.16. The van der Waals surface area contributed by atoms with Gasteiger partial charge >= 0.3 is 0 Å². The molecule has 0 spiro atoms. The van der Waals surface area contributed by atoms with Crippen molar-refractivity contribution in [3.8, 4) is 5.75 Å². The Balaban J connectivity index is 2.14. The van der Waals surface area contributed by atoms with Crippen LogP contribution < -0.4 is 15.4 Å². The second-order valence-electron chi connectivity index (χ2n) is 6.34. The predicted octanol–water partition coefficient (Wildman–Crippen LogP) is 3.07. The van der Waals surface area contributed by atoms with Crippen molar-refractivity contribution >= 4 is 17.4 Å². The summed E-state index contributed by atoms with van der Waals surface area (Å²) in [5.41, 5.74) is 1.86. The largest absolute Gasteiger partial charge is 0.495 e. The second-order valence-corrected chi connectivity index (χ2v) is 6.34. The normalized spacial score (nSPS) is 11.0. The van der Waals surface area contributed by atoms with Crippen LogP contribution in [0, 0.1) is 6.92 Å². The van der Waals surface area contributed by atoms with Crippen molar-refractivity contribution in [3.63, 3.8) is 0 Å². The second kappa shape index (κ2) is 6.64. The van der Waals surface area contributed by atoms with Crippen LogP contribution in [0.3, 0.4) is 0 Å². The Bertz CT molecular complexity index is 691. The van der Waals surface area contributed by atoms with E-state index in [9.17, 15) is 4.79 Å². The molecule has 0 bridgehead atoms. The van der Waals surface area contributed by atoms with Gasteiger partial charge in [0.1, 0.15) is 5.75 Å². The molecule has 1 aromatic heterocycles. The van der Waals surface area contributed by atoms with Crippen LogP contribution in [-0.2, 0) is 0 Å². The zero-order valence-corrected chi connectivity index (χ0v) is 14.1. The van der Waals surface area contributed by atoms with Crippen LogP contribution in [0.15, 0.2) is 30.3 Å². The molecular formula is C17H22N4O2. The molecule has 0 fully saturated rings. The smallest absolute Gasteiger partial charge is 0.272 e. The molecule has 1 heterocycles. The summed E-state index contributed by atoms with van der Waals surface area (Å²) in [5.74, 6) is 1.01. The Labute approximate surface area is 136 Å². The SMILES string of the molecule is COc1ccc(C)cc1Nc1ccc(C(=O)NC(C)(C)C)nn1. The lowest BCUT2D eigenvalue weighted by Crippen LogP contribution is -2.41. The van der Waals surface area contributed by atoms with Gasteiger partial charge in [-0.05, 0) is 57.5 Å². The van der Waals surface area contributed by atoms with Crippen LogP contribution in [0.5, 0.6) is 5.75 Å². The van der Waals surface area contributed by atoms with Gasteiger partial charge in [0.15, 0.2) is 11.5 Å².